The van der Waals surface area contributed by atoms with E-state index < -0.39 is 0 Å². The van der Waals surface area contributed by atoms with E-state index >= 15 is 0 Å². The standard InChI is InChI=1S/C22H29N3S/c1-16-9-10-21(13-17(16)2)24-22(26)23-14-19-11-12-25(15-19)18(3)20-7-5-4-6-8-20/h4-10,13,18-19H,11-12,14-15H2,1-3H3,(H2,23,24,26)/t18-,19+/m0/s1. The molecule has 2 atom stereocenters. The van der Waals surface area contributed by atoms with Gasteiger partial charge in [0.15, 0.2) is 5.11 Å². The van der Waals surface area contributed by atoms with Crippen LogP contribution in [0.5, 0.6) is 0 Å². The first-order valence-electron chi connectivity index (χ1n) is 9.44. The van der Waals surface area contributed by atoms with Gasteiger partial charge in [-0.05, 0) is 80.7 Å². The van der Waals surface area contributed by atoms with E-state index in [2.05, 4.69) is 84.8 Å². The van der Waals surface area contributed by atoms with Crippen molar-refractivity contribution in [2.45, 2.75) is 33.2 Å². The Labute approximate surface area is 162 Å². The normalized spacial score (nSPS) is 18.5. The molecule has 26 heavy (non-hydrogen) atoms. The Morgan fingerprint density at radius 2 is 1.92 bits per heavy atom. The van der Waals surface area contributed by atoms with Crippen molar-refractivity contribution in [3.05, 3.63) is 65.2 Å². The lowest BCUT2D eigenvalue weighted by molar-refractivity contribution is 0.253. The summed E-state index contributed by atoms with van der Waals surface area (Å²) in [7, 11) is 0. The number of nitrogens with one attached hydrogen (secondary N) is 2. The van der Waals surface area contributed by atoms with Crippen molar-refractivity contribution in [1.29, 1.82) is 0 Å². The van der Waals surface area contributed by atoms with Crippen molar-refractivity contribution in [2.24, 2.45) is 5.92 Å². The van der Waals surface area contributed by atoms with Gasteiger partial charge in [0.1, 0.15) is 0 Å². The van der Waals surface area contributed by atoms with Crippen LogP contribution in [0.25, 0.3) is 0 Å². The van der Waals surface area contributed by atoms with Crippen molar-refractivity contribution in [3.63, 3.8) is 0 Å². The summed E-state index contributed by atoms with van der Waals surface area (Å²) in [5.74, 6) is 0.640. The molecule has 1 heterocycles. The number of benzene rings is 2. The van der Waals surface area contributed by atoms with Crippen LogP contribution in [0.3, 0.4) is 0 Å². The fourth-order valence-electron chi connectivity index (χ4n) is 3.55. The lowest BCUT2D eigenvalue weighted by Crippen LogP contribution is -2.34. The van der Waals surface area contributed by atoms with E-state index in [0.29, 0.717) is 17.1 Å². The van der Waals surface area contributed by atoms with E-state index in [1.807, 2.05) is 0 Å². The molecule has 0 radical (unpaired) electrons. The van der Waals surface area contributed by atoms with Crippen molar-refractivity contribution in [2.75, 3.05) is 25.0 Å². The highest BCUT2D eigenvalue weighted by molar-refractivity contribution is 7.80. The second kappa shape index (κ2) is 8.65. The first-order valence-corrected chi connectivity index (χ1v) is 9.85. The second-order valence-electron chi connectivity index (χ2n) is 7.37. The molecule has 0 aliphatic carbocycles. The number of thiocarbonyl (C=S) groups is 1. The fourth-order valence-corrected chi connectivity index (χ4v) is 3.76. The molecule has 138 valence electrons. The average Bonchev–Trinajstić information content (AvgIpc) is 3.12. The summed E-state index contributed by atoms with van der Waals surface area (Å²) >= 11 is 5.47. The first kappa shape index (κ1) is 18.9. The molecule has 1 saturated heterocycles. The maximum atomic E-state index is 5.47. The van der Waals surface area contributed by atoms with E-state index in [4.69, 9.17) is 12.2 Å². The summed E-state index contributed by atoms with van der Waals surface area (Å²) < 4.78 is 0. The minimum Gasteiger partial charge on any atom is -0.362 e. The lowest BCUT2D eigenvalue weighted by atomic mass is 10.1. The van der Waals surface area contributed by atoms with Gasteiger partial charge in [-0.2, -0.15) is 0 Å². The molecule has 1 aliphatic heterocycles. The van der Waals surface area contributed by atoms with Crippen LogP contribution in [0, 0.1) is 19.8 Å². The highest BCUT2D eigenvalue weighted by atomic mass is 32.1. The number of aryl methyl sites for hydroxylation is 2. The van der Waals surface area contributed by atoms with E-state index in [1.165, 1.54) is 23.1 Å². The number of rotatable bonds is 5. The highest BCUT2D eigenvalue weighted by Crippen LogP contribution is 2.26. The third-order valence-electron chi connectivity index (χ3n) is 5.46. The van der Waals surface area contributed by atoms with Gasteiger partial charge in [-0.15, -0.1) is 0 Å². The Balaban J connectivity index is 1.45. The Bertz CT molecular complexity index is 744. The zero-order valence-corrected chi connectivity index (χ0v) is 16.8. The maximum Gasteiger partial charge on any atom is 0.170 e. The Kier molecular flexibility index (Phi) is 6.28. The van der Waals surface area contributed by atoms with Gasteiger partial charge in [-0.25, -0.2) is 0 Å². The van der Waals surface area contributed by atoms with Gasteiger partial charge in [0, 0.05) is 24.8 Å². The monoisotopic (exact) mass is 367 g/mol. The Morgan fingerprint density at radius 1 is 1.15 bits per heavy atom. The molecule has 1 fully saturated rings. The van der Waals surface area contributed by atoms with Crippen LogP contribution < -0.4 is 10.6 Å². The number of nitrogens with zero attached hydrogens (tertiary/aromatic N) is 1. The second-order valence-corrected chi connectivity index (χ2v) is 7.78. The van der Waals surface area contributed by atoms with Gasteiger partial charge >= 0.3 is 0 Å². The molecule has 0 saturated carbocycles. The van der Waals surface area contributed by atoms with Gasteiger partial charge in [-0.3, -0.25) is 4.90 Å². The van der Waals surface area contributed by atoms with Crippen LogP contribution in [0.2, 0.25) is 0 Å². The number of hydrogen-bond acceptors (Lipinski definition) is 2. The van der Waals surface area contributed by atoms with Crippen LogP contribution >= 0.6 is 12.2 Å². The Morgan fingerprint density at radius 3 is 2.65 bits per heavy atom. The van der Waals surface area contributed by atoms with E-state index in [9.17, 15) is 0 Å². The Hall–Kier alpha value is -1.91. The summed E-state index contributed by atoms with van der Waals surface area (Å²) in [5.41, 5.74) is 5.02. The van der Waals surface area contributed by atoms with Gasteiger partial charge in [0.2, 0.25) is 0 Å². The summed E-state index contributed by atoms with van der Waals surface area (Å²) in [5, 5.41) is 7.41. The lowest BCUT2D eigenvalue weighted by Gasteiger charge is -2.25. The molecule has 0 unspecified atom stereocenters. The molecule has 0 amide bonds. The van der Waals surface area contributed by atoms with Crippen LogP contribution in [-0.4, -0.2) is 29.6 Å². The minimum atomic E-state index is 0.474. The third-order valence-corrected chi connectivity index (χ3v) is 5.71. The van der Waals surface area contributed by atoms with Crippen molar-refractivity contribution < 1.29 is 0 Å². The summed E-state index contributed by atoms with van der Waals surface area (Å²) in [6.07, 6.45) is 1.22. The van der Waals surface area contributed by atoms with E-state index in [0.717, 1.165) is 25.3 Å². The first-order chi connectivity index (χ1) is 12.5. The van der Waals surface area contributed by atoms with Crippen molar-refractivity contribution in [3.8, 4) is 0 Å². The number of anilines is 1. The van der Waals surface area contributed by atoms with Crippen LogP contribution in [0.4, 0.5) is 5.69 Å². The van der Waals surface area contributed by atoms with Crippen molar-refractivity contribution >= 4 is 23.0 Å². The molecule has 0 spiro atoms. The molecular weight excluding hydrogens is 338 g/mol. The summed E-state index contributed by atoms with van der Waals surface area (Å²) in [4.78, 5) is 2.57. The molecule has 3 rings (SSSR count). The van der Waals surface area contributed by atoms with Gasteiger partial charge in [0.05, 0.1) is 0 Å². The molecule has 0 bridgehead atoms. The smallest absolute Gasteiger partial charge is 0.170 e. The zero-order valence-electron chi connectivity index (χ0n) is 16.0. The quantitative estimate of drug-likeness (QED) is 0.751. The summed E-state index contributed by atoms with van der Waals surface area (Å²) in [6.45, 7) is 9.75. The van der Waals surface area contributed by atoms with Crippen molar-refractivity contribution in [1.82, 2.24) is 10.2 Å². The number of hydrogen-bond donors (Lipinski definition) is 2. The molecule has 2 aromatic rings. The fraction of sp³-hybridized carbons (Fsp3) is 0.409. The average molecular weight is 368 g/mol. The molecule has 2 aromatic carbocycles. The van der Waals surface area contributed by atoms with Crippen LogP contribution in [-0.2, 0) is 0 Å². The summed E-state index contributed by atoms with van der Waals surface area (Å²) in [6, 6.07) is 17.6. The van der Waals surface area contributed by atoms with E-state index in [1.54, 1.807) is 0 Å². The molecule has 0 aromatic heterocycles. The number of likely N-dealkylation sites (tertiary alicyclic amines) is 1. The molecular formula is C22H29N3S. The van der Waals surface area contributed by atoms with Crippen LogP contribution in [0.1, 0.15) is 36.1 Å². The molecule has 2 N–H and O–H groups in total. The third kappa shape index (κ3) is 4.83. The van der Waals surface area contributed by atoms with Gasteiger partial charge in [-0.1, -0.05) is 36.4 Å². The van der Waals surface area contributed by atoms with Gasteiger partial charge < -0.3 is 10.6 Å². The molecule has 1 aliphatic rings. The van der Waals surface area contributed by atoms with E-state index in [-0.39, 0.29) is 0 Å². The SMILES string of the molecule is Cc1ccc(NC(=S)NC[C@H]2CCN([C@@H](C)c3ccccc3)C2)cc1C. The molecule has 4 heteroatoms. The van der Waals surface area contributed by atoms with Crippen LogP contribution in [0.15, 0.2) is 48.5 Å². The van der Waals surface area contributed by atoms with Gasteiger partial charge in [0.25, 0.3) is 0 Å². The topological polar surface area (TPSA) is 27.3 Å². The predicted molar refractivity (Wildman–Crippen MR) is 115 cm³/mol. The minimum absolute atomic E-state index is 0.474. The zero-order chi connectivity index (χ0) is 18.5. The molecule has 3 nitrogen and oxygen atoms in total. The maximum absolute atomic E-state index is 5.47. The highest BCUT2D eigenvalue weighted by Gasteiger charge is 2.26. The largest absolute Gasteiger partial charge is 0.362 e. The predicted octanol–water partition coefficient (Wildman–Crippen LogP) is 4.67.